The van der Waals surface area contributed by atoms with Crippen molar-refractivity contribution in [1.82, 2.24) is 10.2 Å². The van der Waals surface area contributed by atoms with Gasteiger partial charge in [0.25, 0.3) is 0 Å². The minimum Gasteiger partial charge on any atom is -0.495 e. The quantitative estimate of drug-likeness (QED) is 0.487. The predicted molar refractivity (Wildman–Crippen MR) is 110 cm³/mol. The van der Waals surface area contributed by atoms with Crippen molar-refractivity contribution in [2.75, 3.05) is 28.7 Å². The van der Waals surface area contributed by atoms with Crippen molar-refractivity contribution in [3.8, 4) is 5.75 Å². The monoisotopic (exact) mass is 450 g/mol. The number of sulfonamides is 1. The van der Waals surface area contributed by atoms with Crippen molar-refractivity contribution >= 4 is 61.4 Å². The Morgan fingerprint density at radius 2 is 2.15 bits per heavy atom. The van der Waals surface area contributed by atoms with E-state index in [1.807, 2.05) is 6.92 Å². The Labute approximate surface area is 171 Å². The maximum atomic E-state index is 12.6. The molecule has 148 valence electrons. The van der Waals surface area contributed by atoms with Gasteiger partial charge in [0.2, 0.25) is 21.1 Å². The molecule has 0 saturated heterocycles. The van der Waals surface area contributed by atoms with Crippen molar-refractivity contribution in [1.29, 1.82) is 0 Å². The minimum atomic E-state index is -3.76. The van der Waals surface area contributed by atoms with Crippen LogP contribution in [-0.2, 0) is 14.8 Å². The Hall–Kier alpha value is -1.56. The number of rotatable bonds is 8. The highest BCUT2D eigenvalue weighted by Crippen LogP contribution is 2.31. The maximum absolute atomic E-state index is 12.6. The fourth-order valence-electron chi connectivity index (χ4n) is 2.25. The summed E-state index contributed by atoms with van der Waals surface area (Å²) >= 11 is 8.84. The summed E-state index contributed by atoms with van der Waals surface area (Å²) in [5, 5.41) is 11.0. The fourth-order valence-corrected chi connectivity index (χ4v) is 5.32. The summed E-state index contributed by atoms with van der Waals surface area (Å²) in [5.41, 5.74) is 0.255. The van der Waals surface area contributed by atoms with Crippen LogP contribution in [0.25, 0.3) is 0 Å². The molecule has 1 aromatic carbocycles. The summed E-state index contributed by atoms with van der Waals surface area (Å²) < 4.78 is 31.5. The molecule has 0 radical (unpaired) electrons. The molecule has 0 aliphatic rings. The summed E-state index contributed by atoms with van der Waals surface area (Å²) in [5.74, 6) is 0.705. The molecule has 1 amide bonds. The summed E-state index contributed by atoms with van der Waals surface area (Å²) in [6.45, 7) is 3.47. The van der Waals surface area contributed by atoms with Crippen molar-refractivity contribution in [2.24, 2.45) is 0 Å². The van der Waals surface area contributed by atoms with Crippen LogP contribution < -0.4 is 14.4 Å². The second-order valence-corrected chi connectivity index (χ2v) is 10.1. The van der Waals surface area contributed by atoms with Gasteiger partial charge in [0.1, 0.15) is 11.8 Å². The van der Waals surface area contributed by atoms with Gasteiger partial charge in [0, 0.05) is 0 Å². The second-order valence-electron chi connectivity index (χ2n) is 5.35. The smallest absolute Gasteiger partial charge is 0.249 e. The molecule has 0 fully saturated rings. The summed E-state index contributed by atoms with van der Waals surface area (Å²) in [4.78, 5) is 12.6. The third-order valence-corrected chi connectivity index (χ3v) is 6.77. The van der Waals surface area contributed by atoms with Gasteiger partial charge in [0.15, 0.2) is 4.34 Å². The number of benzene rings is 1. The Bertz CT molecular complexity index is 920. The van der Waals surface area contributed by atoms with E-state index in [2.05, 4.69) is 15.5 Å². The molecule has 1 aromatic heterocycles. The molecule has 1 N–H and O–H groups in total. The Balaban J connectivity index is 2.27. The van der Waals surface area contributed by atoms with Crippen molar-refractivity contribution in [2.45, 2.75) is 24.2 Å². The third kappa shape index (κ3) is 5.47. The summed E-state index contributed by atoms with van der Waals surface area (Å²) in [6, 6.07) is 3.47. The number of halogens is 1. The lowest BCUT2D eigenvalue weighted by Crippen LogP contribution is -2.45. The van der Waals surface area contributed by atoms with Crippen molar-refractivity contribution in [3.05, 3.63) is 23.2 Å². The second kappa shape index (κ2) is 9.09. The Morgan fingerprint density at radius 1 is 1.44 bits per heavy atom. The Kier molecular flexibility index (Phi) is 7.32. The molecule has 1 atom stereocenters. The molecule has 0 aliphatic heterocycles. The van der Waals surface area contributed by atoms with E-state index in [4.69, 9.17) is 16.3 Å². The van der Waals surface area contributed by atoms with Gasteiger partial charge < -0.3 is 4.74 Å². The number of carbonyl (C=O) groups is 1. The molecule has 2 rings (SSSR count). The van der Waals surface area contributed by atoms with Gasteiger partial charge in [-0.25, -0.2) is 8.42 Å². The van der Waals surface area contributed by atoms with Crippen molar-refractivity contribution in [3.63, 3.8) is 0 Å². The first-order chi connectivity index (χ1) is 12.7. The number of carbonyl (C=O) groups excluding carboxylic acids is 1. The number of hydrogen-bond acceptors (Lipinski definition) is 8. The van der Waals surface area contributed by atoms with Gasteiger partial charge in [-0.3, -0.25) is 14.4 Å². The SMILES string of the molecule is CCSc1nnc(NC(=O)[C@H](C)N(c2ccc(OC)c(Cl)c2)S(C)(=O)=O)s1. The third-order valence-electron chi connectivity index (χ3n) is 3.38. The van der Waals surface area contributed by atoms with E-state index in [1.54, 1.807) is 6.07 Å². The molecule has 8 nitrogen and oxygen atoms in total. The molecule has 1 heterocycles. The highest BCUT2D eigenvalue weighted by atomic mass is 35.5. The van der Waals surface area contributed by atoms with E-state index < -0.39 is 22.0 Å². The van der Waals surface area contributed by atoms with Crippen LogP contribution in [0.4, 0.5) is 10.8 Å². The molecule has 0 bridgehead atoms. The summed E-state index contributed by atoms with van der Waals surface area (Å²) in [6.07, 6.45) is 1.02. The molecule has 0 aliphatic carbocycles. The lowest BCUT2D eigenvalue weighted by molar-refractivity contribution is -0.116. The van der Waals surface area contributed by atoms with Gasteiger partial charge in [-0.15, -0.1) is 10.2 Å². The largest absolute Gasteiger partial charge is 0.495 e. The van der Waals surface area contributed by atoms with Crippen LogP contribution in [0, 0.1) is 0 Å². The molecule has 2 aromatic rings. The van der Waals surface area contributed by atoms with Crippen LogP contribution in [0.5, 0.6) is 5.75 Å². The molecule has 0 saturated carbocycles. The number of hydrogen-bond donors (Lipinski definition) is 1. The molecule has 12 heteroatoms. The topological polar surface area (TPSA) is 101 Å². The number of anilines is 2. The van der Waals surface area contributed by atoms with Gasteiger partial charge in [-0.1, -0.05) is 41.6 Å². The lowest BCUT2D eigenvalue weighted by Gasteiger charge is -2.28. The van der Waals surface area contributed by atoms with Gasteiger partial charge in [-0.2, -0.15) is 0 Å². The first kappa shape index (κ1) is 21.7. The Morgan fingerprint density at radius 3 is 2.70 bits per heavy atom. The average molecular weight is 451 g/mol. The fraction of sp³-hybridized carbons (Fsp3) is 0.400. The average Bonchev–Trinajstić information content (AvgIpc) is 3.01. The number of nitrogens with zero attached hydrogens (tertiary/aromatic N) is 3. The highest BCUT2D eigenvalue weighted by molar-refractivity contribution is 8.01. The number of methoxy groups -OCH3 is 1. The number of nitrogens with one attached hydrogen (secondary N) is 1. The highest BCUT2D eigenvalue weighted by Gasteiger charge is 2.30. The molecular formula is C15H19ClN4O4S3. The normalized spacial score (nSPS) is 12.5. The van der Waals surface area contributed by atoms with E-state index in [9.17, 15) is 13.2 Å². The van der Waals surface area contributed by atoms with Gasteiger partial charge in [0.05, 0.1) is 24.1 Å². The molecule has 0 spiro atoms. The van der Waals surface area contributed by atoms with Gasteiger partial charge >= 0.3 is 0 Å². The molecule has 27 heavy (non-hydrogen) atoms. The number of aromatic nitrogens is 2. The number of ether oxygens (including phenoxy) is 1. The van der Waals surface area contributed by atoms with Crippen LogP contribution >= 0.6 is 34.7 Å². The predicted octanol–water partition coefficient (Wildman–Crippen LogP) is 3.11. The first-order valence-electron chi connectivity index (χ1n) is 7.77. The zero-order valence-corrected chi connectivity index (χ0v) is 18.3. The zero-order chi connectivity index (χ0) is 20.2. The van der Waals surface area contributed by atoms with Crippen LogP contribution in [-0.4, -0.2) is 49.7 Å². The van der Waals surface area contributed by atoms with E-state index in [-0.39, 0.29) is 10.7 Å². The minimum absolute atomic E-state index is 0.238. The van der Waals surface area contributed by atoms with Crippen molar-refractivity contribution < 1.29 is 17.9 Å². The zero-order valence-electron chi connectivity index (χ0n) is 15.1. The van der Waals surface area contributed by atoms with Gasteiger partial charge in [-0.05, 0) is 30.9 Å². The maximum Gasteiger partial charge on any atom is 0.249 e. The van der Waals surface area contributed by atoms with Crippen LogP contribution in [0.2, 0.25) is 5.02 Å². The van der Waals surface area contributed by atoms with Crippen LogP contribution in [0.3, 0.4) is 0 Å². The van der Waals surface area contributed by atoms with E-state index in [0.29, 0.717) is 10.9 Å². The molecule has 0 unspecified atom stereocenters. The summed E-state index contributed by atoms with van der Waals surface area (Å²) in [7, 11) is -2.30. The lowest BCUT2D eigenvalue weighted by atomic mass is 10.2. The first-order valence-corrected chi connectivity index (χ1v) is 11.8. The number of amides is 1. The standard InChI is InChI=1S/C15H19ClN4O4S3/c1-5-25-15-19-18-14(26-15)17-13(21)9(2)20(27(4,22)23)10-6-7-12(24-3)11(16)8-10/h6-9H,5H2,1-4H3,(H,17,18,21)/t9-/m0/s1. The van der Waals surface area contributed by atoms with E-state index in [0.717, 1.165) is 20.7 Å². The number of thioether (sulfide) groups is 1. The van der Waals surface area contributed by atoms with E-state index in [1.165, 1.54) is 49.3 Å². The van der Waals surface area contributed by atoms with Crippen LogP contribution in [0.1, 0.15) is 13.8 Å². The van der Waals surface area contributed by atoms with Crippen LogP contribution in [0.15, 0.2) is 22.5 Å². The van der Waals surface area contributed by atoms with E-state index >= 15 is 0 Å². The molecular weight excluding hydrogens is 432 g/mol.